The van der Waals surface area contributed by atoms with Crippen LogP contribution in [0.5, 0.6) is 5.75 Å². The van der Waals surface area contributed by atoms with Gasteiger partial charge in [-0.15, -0.1) is 0 Å². The monoisotopic (exact) mass is 287 g/mol. The van der Waals surface area contributed by atoms with Gasteiger partial charge in [0.1, 0.15) is 5.75 Å². The number of fused-ring (bicyclic) bond motifs is 1. The van der Waals surface area contributed by atoms with Gasteiger partial charge in [0, 0.05) is 5.56 Å². The number of ether oxygens (including phenoxy) is 1. The van der Waals surface area contributed by atoms with Gasteiger partial charge in [-0.25, -0.2) is 0 Å². The van der Waals surface area contributed by atoms with Crippen molar-refractivity contribution in [1.82, 2.24) is 0 Å². The molecule has 21 heavy (non-hydrogen) atoms. The molecule has 0 bridgehead atoms. The van der Waals surface area contributed by atoms with Crippen molar-refractivity contribution in [2.45, 2.75) is 39.3 Å². The van der Waals surface area contributed by atoms with E-state index in [4.69, 9.17) is 10.5 Å². The summed E-state index contributed by atoms with van der Waals surface area (Å²) in [7, 11) is 0. The van der Waals surface area contributed by atoms with Crippen molar-refractivity contribution in [1.29, 1.82) is 0 Å². The zero-order valence-electron chi connectivity index (χ0n) is 13.0. The summed E-state index contributed by atoms with van der Waals surface area (Å²) in [6.07, 6.45) is 0.309. The van der Waals surface area contributed by atoms with Crippen molar-refractivity contribution >= 4 is 10.8 Å². The Balaban J connectivity index is 2.55. The fraction of sp³-hybridized carbons (Fsp3) is 0.444. The Labute approximate surface area is 126 Å². The summed E-state index contributed by atoms with van der Waals surface area (Å²) in [5.41, 5.74) is 7.29. The smallest absolute Gasteiger partial charge is 0.124 e. The third-order valence-corrected chi connectivity index (χ3v) is 4.16. The number of aliphatic hydroxyl groups is 1. The molecule has 3 atom stereocenters. The molecule has 3 heteroatoms. The average molecular weight is 287 g/mol. The molecule has 3 nitrogen and oxygen atoms in total. The van der Waals surface area contributed by atoms with E-state index in [1.807, 2.05) is 44.2 Å². The predicted molar refractivity (Wildman–Crippen MR) is 87.5 cm³/mol. The van der Waals surface area contributed by atoms with Gasteiger partial charge >= 0.3 is 0 Å². The minimum Gasteiger partial charge on any atom is -0.494 e. The van der Waals surface area contributed by atoms with E-state index in [2.05, 4.69) is 13.0 Å². The van der Waals surface area contributed by atoms with Gasteiger partial charge in [-0.2, -0.15) is 0 Å². The molecule has 0 aliphatic carbocycles. The molecule has 0 radical (unpaired) electrons. The summed E-state index contributed by atoms with van der Waals surface area (Å²) in [6, 6.07) is 11.6. The van der Waals surface area contributed by atoms with Gasteiger partial charge in [-0.3, -0.25) is 0 Å². The van der Waals surface area contributed by atoms with Crippen LogP contribution < -0.4 is 10.5 Å². The van der Waals surface area contributed by atoms with Crippen LogP contribution in [-0.4, -0.2) is 17.8 Å². The lowest BCUT2D eigenvalue weighted by Gasteiger charge is -2.27. The lowest BCUT2D eigenvalue weighted by atomic mass is 9.88. The fourth-order valence-corrected chi connectivity index (χ4v) is 2.67. The van der Waals surface area contributed by atoms with Crippen molar-refractivity contribution < 1.29 is 9.84 Å². The van der Waals surface area contributed by atoms with Crippen LogP contribution in [0.25, 0.3) is 10.8 Å². The zero-order chi connectivity index (χ0) is 15.4. The predicted octanol–water partition coefficient (Wildman–Crippen LogP) is 3.65. The zero-order valence-corrected chi connectivity index (χ0v) is 13.0. The number of nitrogens with two attached hydrogens (primary N) is 1. The van der Waals surface area contributed by atoms with Crippen LogP contribution in [0, 0.1) is 5.92 Å². The maximum atomic E-state index is 10.5. The summed E-state index contributed by atoms with van der Waals surface area (Å²) in [5, 5.41) is 12.7. The molecule has 2 aromatic rings. The largest absolute Gasteiger partial charge is 0.494 e. The summed E-state index contributed by atoms with van der Waals surface area (Å²) in [5.74, 6) is 0.916. The van der Waals surface area contributed by atoms with Gasteiger partial charge in [0.05, 0.1) is 18.8 Å². The number of aliphatic hydroxyl groups excluding tert-OH is 1. The summed E-state index contributed by atoms with van der Waals surface area (Å²) >= 11 is 0. The lowest BCUT2D eigenvalue weighted by molar-refractivity contribution is 0.0873. The van der Waals surface area contributed by atoms with Gasteiger partial charge in [-0.1, -0.05) is 50.6 Å². The number of hydrogen-bond donors (Lipinski definition) is 2. The summed E-state index contributed by atoms with van der Waals surface area (Å²) in [4.78, 5) is 0. The molecule has 2 rings (SSSR count). The number of hydrogen-bond acceptors (Lipinski definition) is 3. The molecular weight excluding hydrogens is 262 g/mol. The molecule has 114 valence electrons. The van der Waals surface area contributed by atoms with E-state index < -0.39 is 12.1 Å². The Morgan fingerprint density at radius 3 is 2.52 bits per heavy atom. The Morgan fingerprint density at radius 1 is 1.14 bits per heavy atom. The first-order valence-corrected chi connectivity index (χ1v) is 7.68. The Kier molecular flexibility index (Phi) is 5.21. The van der Waals surface area contributed by atoms with Gasteiger partial charge in [-0.05, 0) is 29.7 Å². The van der Waals surface area contributed by atoms with Gasteiger partial charge < -0.3 is 15.6 Å². The molecule has 0 heterocycles. The molecule has 0 aromatic heterocycles. The second-order valence-corrected chi connectivity index (χ2v) is 5.53. The van der Waals surface area contributed by atoms with E-state index in [1.165, 1.54) is 0 Å². The first kappa shape index (κ1) is 15.8. The highest BCUT2D eigenvalue weighted by Crippen LogP contribution is 2.35. The maximum absolute atomic E-state index is 10.5. The molecule has 0 spiro atoms. The Bertz CT molecular complexity index is 597. The standard InChI is InChI=1S/C18H25NO2/c1-4-12(3)18(20)17(19)16-14-9-7-6-8-13(14)10-11-15(16)21-5-2/h6-12,17-18,20H,4-5,19H2,1-3H3/t12?,17-,18+/m0/s1. The van der Waals surface area contributed by atoms with Crippen LogP contribution in [0.3, 0.4) is 0 Å². The second-order valence-electron chi connectivity index (χ2n) is 5.53. The van der Waals surface area contributed by atoms with E-state index in [0.29, 0.717) is 6.61 Å². The molecule has 0 saturated heterocycles. The number of benzene rings is 2. The normalized spacial score (nSPS) is 15.7. The molecule has 2 aromatic carbocycles. The van der Waals surface area contributed by atoms with Crippen molar-refractivity contribution in [3.05, 3.63) is 42.0 Å². The molecule has 0 aliphatic rings. The maximum Gasteiger partial charge on any atom is 0.124 e. The topological polar surface area (TPSA) is 55.5 Å². The van der Waals surface area contributed by atoms with E-state index in [0.717, 1.165) is 28.5 Å². The van der Waals surface area contributed by atoms with Gasteiger partial charge in [0.15, 0.2) is 0 Å². The first-order valence-electron chi connectivity index (χ1n) is 7.68. The van der Waals surface area contributed by atoms with Crippen LogP contribution in [-0.2, 0) is 0 Å². The van der Waals surface area contributed by atoms with E-state index >= 15 is 0 Å². The molecule has 0 fully saturated rings. The van der Waals surface area contributed by atoms with Crippen LogP contribution in [0.2, 0.25) is 0 Å². The Morgan fingerprint density at radius 2 is 1.86 bits per heavy atom. The third-order valence-electron chi connectivity index (χ3n) is 4.16. The highest BCUT2D eigenvalue weighted by Gasteiger charge is 2.26. The summed E-state index contributed by atoms with van der Waals surface area (Å²) in [6.45, 7) is 6.62. The van der Waals surface area contributed by atoms with E-state index in [9.17, 15) is 5.11 Å². The van der Waals surface area contributed by atoms with Crippen molar-refractivity contribution in [2.75, 3.05) is 6.61 Å². The van der Waals surface area contributed by atoms with E-state index in [1.54, 1.807) is 0 Å². The molecule has 0 amide bonds. The molecule has 3 N–H and O–H groups in total. The number of rotatable bonds is 6. The lowest BCUT2D eigenvalue weighted by Crippen LogP contribution is -2.32. The van der Waals surface area contributed by atoms with Crippen LogP contribution in [0.1, 0.15) is 38.8 Å². The van der Waals surface area contributed by atoms with Gasteiger partial charge in [0.25, 0.3) is 0 Å². The molecule has 0 aliphatic heterocycles. The summed E-state index contributed by atoms with van der Waals surface area (Å²) < 4.78 is 5.74. The Hall–Kier alpha value is -1.58. The molecular formula is C18H25NO2. The SMILES string of the molecule is CCOc1ccc2ccccc2c1[C@H](N)[C@H](O)C(C)CC. The van der Waals surface area contributed by atoms with Crippen LogP contribution in [0.4, 0.5) is 0 Å². The molecule has 0 saturated carbocycles. The van der Waals surface area contributed by atoms with Crippen molar-refractivity contribution in [3.63, 3.8) is 0 Å². The quantitative estimate of drug-likeness (QED) is 0.852. The third kappa shape index (κ3) is 3.20. The minimum atomic E-state index is -0.583. The first-order chi connectivity index (χ1) is 10.1. The highest BCUT2D eigenvalue weighted by atomic mass is 16.5. The average Bonchev–Trinajstić information content (AvgIpc) is 2.52. The highest BCUT2D eigenvalue weighted by molar-refractivity contribution is 5.88. The van der Waals surface area contributed by atoms with Gasteiger partial charge in [0.2, 0.25) is 0 Å². The van der Waals surface area contributed by atoms with Crippen molar-refractivity contribution in [3.8, 4) is 5.75 Å². The van der Waals surface area contributed by atoms with E-state index in [-0.39, 0.29) is 5.92 Å². The fourth-order valence-electron chi connectivity index (χ4n) is 2.67. The van der Waals surface area contributed by atoms with Crippen molar-refractivity contribution in [2.24, 2.45) is 11.7 Å². The minimum absolute atomic E-state index is 0.147. The molecule has 1 unspecified atom stereocenters. The van der Waals surface area contributed by atoms with Crippen LogP contribution >= 0.6 is 0 Å². The second kappa shape index (κ2) is 6.92. The van der Waals surface area contributed by atoms with Crippen LogP contribution in [0.15, 0.2) is 36.4 Å².